The molecule has 2 nitrogen and oxygen atoms in total. The molecule has 1 rings (SSSR count). The molecule has 0 aliphatic heterocycles. The lowest BCUT2D eigenvalue weighted by atomic mass is 10.00. The van der Waals surface area contributed by atoms with Gasteiger partial charge in [0.25, 0.3) is 0 Å². The molecule has 110 valence electrons. The molecule has 2 heteroatoms. The molecule has 0 fully saturated rings. The third-order valence-electron chi connectivity index (χ3n) is 3.42. The molecule has 0 saturated heterocycles. The van der Waals surface area contributed by atoms with Gasteiger partial charge in [-0.2, -0.15) is 0 Å². The Morgan fingerprint density at radius 2 is 1.90 bits per heavy atom. The molecule has 1 aromatic carbocycles. The summed E-state index contributed by atoms with van der Waals surface area (Å²) in [6.45, 7) is 7.08. The van der Waals surface area contributed by atoms with Crippen LogP contribution in [0.3, 0.4) is 0 Å². The topological polar surface area (TPSA) is 20.3 Å². The summed E-state index contributed by atoms with van der Waals surface area (Å²) in [6, 6.07) is 10.1. The fourth-order valence-electron chi connectivity index (χ4n) is 2.16. The molecule has 0 N–H and O–H groups in total. The average Bonchev–Trinajstić information content (AvgIpc) is 2.39. The fourth-order valence-corrected chi connectivity index (χ4v) is 2.16. The lowest BCUT2D eigenvalue weighted by molar-refractivity contribution is -0.131. The summed E-state index contributed by atoms with van der Waals surface area (Å²) in [6.07, 6.45) is 5.03. The van der Waals surface area contributed by atoms with E-state index in [1.165, 1.54) is 11.1 Å². The Morgan fingerprint density at radius 3 is 2.50 bits per heavy atom. The number of hydrogen-bond acceptors (Lipinski definition) is 1. The number of nitrogens with zero attached hydrogens (tertiary/aromatic N) is 1. The van der Waals surface area contributed by atoms with E-state index in [0.717, 1.165) is 12.8 Å². The number of benzene rings is 1. The molecule has 0 aliphatic carbocycles. The number of carbonyl (C=O) groups is 1. The van der Waals surface area contributed by atoms with E-state index in [4.69, 9.17) is 0 Å². The quantitative estimate of drug-likeness (QED) is 0.673. The normalized spacial score (nSPS) is 11.8. The smallest absolute Gasteiger partial charge is 0.222 e. The van der Waals surface area contributed by atoms with Crippen molar-refractivity contribution in [2.75, 3.05) is 7.05 Å². The van der Waals surface area contributed by atoms with E-state index in [9.17, 15) is 4.79 Å². The highest BCUT2D eigenvalue weighted by Crippen LogP contribution is 2.14. The van der Waals surface area contributed by atoms with Gasteiger partial charge >= 0.3 is 0 Å². The van der Waals surface area contributed by atoms with Gasteiger partial charge in [-0.05, 0) is 38.2 Å². The van der Waals surface area contributed by atoms with Gasteiger partial charge in [0, 0.05) is 20.0 Å². The van der Waals surface area contributed by atoms with Crippen molar-refractivity contribution in [2.24, 2.45) is 5.92 Å². The summed E-state index contributed by atoms with van der Waals surface area (Å²) >= 11 is 0. The van der Waals surface area contributed by atoms with Crippen molar-refractivity contribution >= 4 is 5.91 Å². The molecular weight excluding hydrogens is 246 g/mol. The summed E-state index contributed by atoms with van der Waals surface area (Å²) in [5, 5.41) is 0. The van der Waals surface area contributed by atoms with E-state index in [0.29, 0.717) is 18.9 Å². The number of rotatable bonds is 7. The van der Waals surface area contributed by atoms with E-state index >= 15 is 0 Å². The molecule has 0 aromatic heterocycles. The van der Waals surface area contributed by atoms with Crippen molar-refractivity contribution in [3.63, 3.8) is 0 Å². The van der Waals surface area contributed by atoms with E-state index in [1.807, 2.05) is 30.1 Å². The van der Waals surface area contributed by atoms with Crippen molar-refractivity contribution in [1.82, 2.24) is 4.90 Å². The Labute approximate surface area is 123 Å². The van der Waals surface area contributed by atoms with Gasteiger partial charge in [-0.3, -0.25) is 4.79 Å². The standard InChI is InChI=1S/C18H27NO/c1-15(2)9-8-10-16(3)13-18(20)19(4)14-17-11-6-5-7-12-17/h5-7,9,11-12,16H,8,10,13-14H2,1-4H3. The van der Waals surface area contributed by atoms with Crippen LogP contribution in [0.2, 0.25) is 0 Å². The van der Waals surface area contributed by atoms with Crippen LogP contribution in [0.5, 0.6) is 0 Å². The fraction of sp³-hybridized carbons (Fsp3) is 0.500. The second-order valence-electron chi connectivity index (χ2n) is 5.90. The lowest BCUT2D eigenvalue weighted by Crippen LogP contribution is -2.27. The van der Waals surface area contributed by atoms with E-state index in [-0.39, 0.29) is 5.91 Å². The van der Waals surface area contributed by atoms with Crippen LogP contribution in [-0.2, 0) is 11.3 Å². The summed E-state index contributed by atoms with van der Waals surface area (Å²) in [7, 11) is 1.89. The van der Waals surface area contributed by atoms with Crippen molar-refractivity contribution in [1.29, 1.82) is 0 Å². The molecule has 0 spiro atoms. The van der Waals surface area contributed by atoms with Gasteiger partial charge < -0.3 is 4.90 Å². The zero-order chi connectivity index (χ0) is 15.0. The molecule has 1 aromatic rings. The molecule has 0 saturated carbocycles. The third kappa shape index (κ3) is 6.55. The minimum absolute atomic E-state index is 0.235. The first-order chi connectivity index (χ1) is 9.49. The SMILES string of the molecule is CC(C)=CCCC(C)CC(=O)N(C)Cc1ccccc1. The lowest BCUT2D eigenvalue weighted by Gasteiger charge is -2.19. The van der Waals surface area contributed by atoms with Gasteiger partial charge in [-0.15, -0.1) is 0 Å². The van der Waals surface area contributed by atoms with Crippen LogP contribution < -0.4 is 0 Å². The number of carbonyl (C=O) groups excluding carboxylic acids is 1. The molecule has 0 aliphatic rings. The van der Waals surface area contributed by atoms with Crippen molar-refractivity contribution in [3.8, 4) is 0 Å². The van der Waals surface area contributed by atoms with Gasteiger partial charge in [0.1, 0.15) is 0 Å². The summed E-state index contributed by atoms with van der Waals surface area (Å²) in [5.41, 5.74) is 2.53. The Balaban J connectivity index is 2.36. The predicted octanol–water partition coefficient (Wildman–Crippen LogP) is 4.42. The van der Waals surface area contributed by atoms with E-state index in [1.54, 1.807) is 0 Å². The Hall–Kier alpha value is -1.57. The van der Waals surface area contributed by atoms with E-state index in [2.05, 4.69) is 39.0 Å². The van der Waals surface area contributed by atoms with Crippen LogP contribution in [0.15, 0.2) is 42.0 Å². The summed E-state index contributed by atoms with van der Waals surface area (Å²) in [5.74, 6) is 0.676. The minimum Gasteiger partial charge on any atom is -0.341 e. The van der Waals surface area contributed by atoms with Crippen LogP contribution in [0, 0.1) is 5.92 Å². The van der Waals surface area contributed by atoms with Crippen LogP contribution >= 0.6 is 0 Å². The second-order valence-corrected chi connectivity index (χ2v) is 5.90. The molecule has 0 bridgehead atoms. The molecular formula is C18H27NO. The zero-order valence-corrected chi connectivity index (χ0v) is 13.2. The average molecular weight is 273 g/mol. The first kappa shape index (κ1) is 16.5. The van der Waals surface area contributed by atoms with Crippen molar-refractivity contribution in [3.05, 3.63) is 47.5 Å². The maximum atomic E-state index is 12.2. The molecule has 1 unspecified atom stereocenters. The van der Waals surface area contributed by atoms with Crippen LogP contribution in [-0.4, -0.2) is 17.9 Å². The van der Waals surface area contributed by atoms with Crippen LogP contribution in [0.4, 0.5) is 0 Å². The summed E-state index contributed by atoms with van der Waals surface area (Å²) in [4.78, 5) is 14.0. The van der Waals surface area contributed by atoms with Crippen LogP contribution in [0.1, 0.15) is 45.6 Å². The zero-order valence-electron chi connectivity index (χ0n) is 13.2. The van der Waals surface area contributed by atoms with Crippen molar-refractivity contribution in [2.45, 2.75) is 46.6 Å². The maximum absolute atomic E-state index is 12.2. The van der Waals surface area contributed by atoms with Gasteiger partial charge in [-0.1, -0.05) is 48.9 Å². The highest BCUT2D eigenvalue weighted by Gasteiger charge is 2.13. The molecule has 1 atom stereocenters. The van der Waals surface area contributed by atoms with Crippen molar-refractivity contribution < 1.29 is 4.79 Å². The molecule has 0 heterocycles. The molecule has 1 amide bonds. The van der Waals surface area contributed by atoms with Gasteiger partial charge in [0.15, 0.2) is 0 Å². The Morgan fingerprint density at radius 1 is 1.25 bits per heavy atom. The molecule has 20 heavy (non-hydrogen) atoms. The number of allylic oxidation sites excluding steroid dienone is 2. The second kappa shape index (κ2) is 8.57. The predicted molar refractivity (Wildman–Crippen MR) is 85.4 cm³/mol. The number of hydrogen-bond donors (Lipinski definition) is 0. The monoisotopic (exact) mass is 273 g/mol. The van der Waals surface area contributed by atoms with Crippen LogP contribution in [0.25, 0.3) is 0 Å². The van der Waals surface area contributed by atoms with Gasteiger partial charge in [0.05, 0.1) is 0 Å². The number of amides is 1. The third-order valence-corrected chi connectivity index (χ3v) is 3.42. The highest BCUT2D eigenvalue weighted by atomic mass is 16.2. The summed E-state index contributed by atoms with van der Waals surface area (Å²) < 4.78 is 0. The maximum Gasteiger partial charge on any atom is 0.222 e. The Kier molecular flexibility index (Phi) is 7.06. The van der Waals surface area contributed by atoms with Gasteiger partial charge in [0.2, 0.25) is 5.91 Å². The first-order valence-electron chi connectivity index (χ1n) is 7.40. The first-order valence-corrected chi connectivity index (χ1v) is 7.40. The Bertz CT molecular complexity index is 432. The van der Waals surface area contributed by atoms with Gasteiger partial charge in [-0.25, -0.2) is 0 Å². The highest BCUT2D eigenvalue weighted by molar-refractivity contribution is 5.76. The largest absolute Gasteiger partial charge is 0.341 e. The molecule has 0 radical (unpaired) electrons. The minimum atomic E-state index is 0.235. The van der Waals surface area contributed by atoms with E-state index < -0.39 is 0 Å².